The molecular weight excluding hydrogens is 320 g/mol. The van der Waals surface area contributed by atoms with E-state index in [-0.39, 0.29) is 5.91 Å². The van der Waals surface area contributed by atoms with Crippen LogP contribution in [-0.4, -0.2) is 29.0 Å². The molecule has 0 saturated carbocycles. The summed E-state index contributed by atoms with van der Waals surface area (Å²) < 4.78 is 1.92. The van der Waals surface area contributed by atoms with Crippen molar-refractivity contribution in [2.45, 2.75) is 0 Å². The normalized spacial score (nSPS) is 10.3. The third-order valence-electron chi connectivity index (χ3n) is 3.91. The average molecular weight is 337 g/mol. The van der Waals surface area contributed by atoms with Crippen LogP contribution in [0.25, 0.3) is 10.9 Å². The number of benzene rings is 2. The first-order chi connectivity index (χ1) is 11.6. The molecule has 24 heavy (non-hydrogen) atoms. The van der Waals surface area contributed by atoms with Gasteiger partial charge in [-0.15, -0.1) is 0 Å². The second kappa shape index (κ2) is 6.82. The molecule has 0 aliphatic carbocycles. The second-order valence-corrected chi connectivity index (χ2v) is 6.05. The van der Waals surface area contributed by atoms with E-state index in [1.165, 1.54) is 0 Å². The van der Waals surface area contributed by atoms with Crippen LogP contribution in [0.3, 0.4) is 0 Å². The summed E-state index contributed by atoms with van der Waals surface area (Å²) in [5.74, 6) is 6.03. The molecule has 0 radical (unpaired) electrons. The van der Waals surface area contributed by atoms with Gasteiger partial charge >= 0.3 is 0 Å². The molecular formula is C20H17ClN2O. The van der Waals surface area contributed by atoms with E-state index >= 15 is 0 Å². The summed E-state index contributed by atoms with van der Waals surface area (Å²) in [5, 5.41) is 1.74. The van der Waals surface area contributed by atoms with Gasteiger partial charge in [0.2, 0.25) is 0 Å². The van der Waals surface area contributed by atoms with Crippen molar-refractivity contribution in [3.8, 4) is 11.8 Å². The van der Waals surface area contributed by atoms with Gasteiger partial charge in [-0.2, -0.15) is 0 Å². The monoisotopic (exact) mass is 336 g/mol. The molecule has 3 rings (SSSR count). The minimum Gasteiger partial charge on any atom is -0.340 e. The predicted octanol–water partition coefficient (Wildman–Crippen LogP) is 3.96. The highest BCUT2D eigenvalue weighted by atomic mass is 35.5. The SMILES string of the molecule is CN(CC#Cc1ccc(Cl)cc1)C(=O)c1cc2ccccc2n1C. The average Bonchev–Trinajstić information content (AvgIpc) is 2.93. The van der Waals surface area contributed by atoms with Crippen molar-refractivity contribution >= 4 is 28.4 Å². The second-order valence-electron chi connectivity index (χ2n) is 5.62. The van der Waals surface area contributed by atoms with Crippen LogP contribution < -0.4 is 0 Å². The lowest BCUT2D eigenvalue weighted by atomic mass is 10.2. The van der Waals surface area contributed by atoms with Gasteiger partial charge in [-0.1, -0.05) is 41.6 Å². The summed E-state index contributed by atoms with van der Waals surface area (Å²) >= 11 is 5.85. The lowest BCUT2D eigenvalue weighted by Gasteiger charge is -2.14. The zero-order valence-corrected chi connectivity index (χ0v) is 14.3. The fourth-order valence-electron chi connectivity index (χ4n) is 2.55. The smallest absolute Gasteiger partial charge is 0.271 e. The first-order valence-corrected chi connectivity index (χ1v) is 7.98. The van der Waals surface area contributed by atoms with Gasteiger partial charge in [0, 0.05) is 35.6 Å². The first-order valence-electron chi connectivity index (χ1n) is 7.60. The summed E-state index contributed by atoms with van der Waals surface area (Å²) in [7, 11) is 3.67. The van der Waals surface area contributed by atoms with Crippen LogP contribution in [0.5, 0.6) is 0 Å². The fraction of sp³-hybridized carbons (Fsp3) is 0.150. The zero-order valence-electron chi connectivity index (χ0n) is 13.6. The molecule has 0 N–H and O–H groups in total. The molecule has 0 atom stereocenters. The van der Waals surface area contributed by atoms with Crippen molar-refractivity contribution in [3.05, 3.63) is 70.9 Å². The van der Waals surface area contributed by atoms with Crippen LogP contribution in [0, 0.1) is 11.8 Å². The van der Waals surface area contributed by atoms with Crippen LogP contribution >= 0.6 is 11.6 Å². The van der Waals surface area contributed by atoms with E-state index in [1.54, 1.807) is 24.1 Å². The standard InChI is InChI=1S/C20H17ClN2O/c1-22(13-5-6-15-9-11-17(21)12-10-15)20(24)19-14-16-7-3-4-8-18(16)23(19)2/h3-4,7-12,14H,13H2,1-2H3. The number of para-hydroxylation sites is 1. The maximum atomic E-state index is 12.6. The summed E-state index contributed by atoms with van der Waals surface area (Å²) in [5.41, 5.74) is 2.58. The Morgan fingerprint density at radius 2 is 1.88 bits per heavy atom. The number of hydrogen-bond donors (Lipinski definition) is 0. The Bertz CT molecular complexity index is 945. The van der Waals surface area contributed by atoms with Crippen LogP contribution in [0.15, 0.2) is 54.6 Å². The number of rotatable bonds is 2. The van der Waals surface area contributed by atoms with Gasteiger partial charge in [0.1, 0.15) is 5.69 Å². The maximum Gasteiger partial charge on any atom is 0.271 e. The van der Waals surface area contributed by atoms with Crippen molar-refractivity contribution in [2.24, 2.45) is 7.05 Å². The van der Waals surface area contributed by atoms with Crippen molar-refractivity contribution in [3.63, 3.8) is 0 Å². The molecule has 2 aromatic carbocycles. The number of aromatic nitrogens is 1. The number of nitrogens with zero attached hydrogens (tertiary/aromatic N) is 2. The van der Waals surface area contributed by atoms with Gasteiger partial charge in [-0.05, 0) is 36.4 Å². The molecule has 1 heterocycles. The van der Waals surface area contributed by atoms with E-state index in [0.717, 1.165) is 16.5 Å². The highest BCUT2D eigenvalue weighted by Gasteiger charge is 2.16. The quantitative estimate of drug-likeness (QED) is 0.650. The third-order valence-corrected chi connectivity index (χ3v) is 4.16. The van der Waals surface area contributed by atoms with Crippen LogP contribution in [0.1, 0.15) is 16.1 Å². The number of carbonyl (C=O) groups excluding carboxylic acids is 1. The molecule has 0 bridgehead atoms. The topological polar surface area (TPSA) is 25.2 Å². The predicted molar refractivity (Wildman–Crippen MR) is 98.2 cm³/mol. The molecule has 4 heteroatoms. The summed E-state index contributed by atoms with van der Waals surface area (Å²) in [6.07, 6.45) is 0. The fourth-order valence-corrected chi connectivity index (χ4v) is 2.68. The van der Waals surface area contributed by atoms with Gasteiger partial charge < -0.3 is 9.47 Å². The third kappa shape index (κ3) is 3.29. The van der Waals surface area contributed by atoms with Crippen LogP contribution in [0.4, 0.5) is 0 Å². The molecule has 0 saturated heterocycles. The largest absolute Gasteiger partial charge is 0.340 e. The Morgan fingerprint density at radius 3 is 2.58 bits per heavy atom. The molecule has 0 fully saturated rings. The Morgan fingerprint density at radius 1 is 1.17 bits per heavy atom. The van der Waals surface area contributed by atoms with E-state index in [2.05, 4.69) is 11.8 Å². The summed E-state index contributed by atoms with van der Waals surface area (Å²) in [4.78, 5) is 14.3. The van der Waals surface area contributed by atoms with E-state index in [9.17, 15) is 4.79 Å². The highest BCUT2D eigenvalue weighted by Crippen LogP contribution is 2.19. The highest BCUT2D eigenvalue weighted by molar-refractivity contribution is 6.30. The number of fused-ring (bicyclic) bond motifs is 1. The van der Waals surface area contributed by atoms with Crippen molar-refractivity contribution in [2.75, 3.05) is 13.6 Å². The number of hydrogen-bond acceptors (Lipinski definition) is 1. The van der Waals surface area contributed by atoms with E-state index in [4.69, 9.17) is 11.6 Å². The van der Waals surface area contributed by atoms with Gasteiger partial charge in [0.05, 0.1) is 6.54 Å². The van der Waals surface area contributed by atoms with Crippen molar-refractivity contribution in [1.29, 1.82) is 0 Å². The van der Waals surface area contributed by atoms with Crippen LogP contribution in [-0.2, 0) is 7.05 Å². The van der Waals surface area contributed by atoms with Gasteiger partial charge in [-0.3, -0.25) is 4.79 Å². The number of amides is 1. The van der Waals surface area contributed by atoms with Gasteiger partial charge in [-0.25, -0.2) is 0 Å². The number of aryl methyl sites for hydroxylation is 1. The number of halogens is 1. The molecule has 1 amide bonds. The molecule has 1 aromatic heterocycles. The van der Waals surface area contributed by atoms with E-state index in [0.29, 0.717) is 17.3 Å². The lowest BCUT2D eigenvalue weighted by molar-refractivity contribution is 0.0804. The summed E-state index contributed by atoms with van der Waals surface area (Å²) in [6.45, 7) is 0.364. The van der Waals surface area contributed by atoms with Crippen LogP contribution in [0.2, 0.25) is 5.02 Å². The Labute approximate surface area is 146 Å². The van der Waals surface area contributed by atoms with E-state index in [1.807, 2.05) is 54.1 Å². The number of carbonyl (C=O) groups is 1. The summed E-state index contributed by atoms with van der Waals surface area (Å²) in [6, 6.07) is 17.2. The zero-order chi connectivity index (χ0) is 17.1. The van der Waals surface area contributed by atoms with Gasteiger partial charge in [0.15, 0.2) is 0 Å². The Kier molecular flexibility index (Phi) is 4.59. The van der Waals surface area contributed by atoms with Crippen molar-refractivity contribution in [1.82, 2.24) is 9.47 Å². The maximum absolute atomic E-state index is 12.6. The molecule has 120 valence electrons. The van der Waals surface area contributed by atoms with Crippen molar-refractivity contribution < 1.29 is 4.79 Å². The minimum atomic E-state index is -0.0425. The first kappa shape index (κ1) is 16.2. The molecule has 3 aromatic rings. The minimum absolute atomic E-state index is 0.0425. The lowest BCUT2D eigenvalue weighted by Crippen LogP contribution is -2.28. The Hall–Kier alpha value is -2.70. The Balaban J connectivity index is 1.75. The molecule has 0 spiro atoms. The molecule has 0 aliphatic heterocycles. The van der Waals surface area contributed by atoms with E-state index < -0.39 is 0 Å². The van der Waals surface area contributed by atoms with Gasteiger partial charge in [0.25, 0.3) is 5.91 Å². The molecule has 0 aliphatic rings. The molecule has 3 nitrogen and oxygen atoms in total. The molecule has 0 unspecified atom stereocenters.